The maximum atomic E-state index is 12.3. The van der Waals surface area contributed by atoms with Gasteiger partial charge in [0.15, 0.2) is 0 Å². The molecule has 2 atom stereocenters. The number of nitrogens with one attached hydrogen (secondary N) is 1. The van der Waals surface area contributed by atoms with Gasteiger partial charge in [0.2, 0.25) is 0 Å². The Bertz CT molecular complexity index is 965. The lowest BCUT2D eigenvalue weighted by Gasteiger charge is -2.28. The summed E-state index contributed by atoms with van der Waals surface area (Å²) in [5.74, 6) is 0.630. The van der Waals surface area contributed by atoms with E-state index in [0.29, 0.717) is 17.1 Å². The molecule has 0 spiro atoms. The van der Waals surface area contributed by atoms with Gasteiger partial charge < -0.3 is 14.6 Å². The Hall–Kier alpha value is -2.12. The second-order valence-electron chi connectivity index (χ2n) is 9.65. The fraction of sp³-hybridized carbons (Fsp3) is 0.609. The number of carbonyl (C=O) groups excluding carboxylic acids is 1. The average molecular weight is 446 g/mol. The van der Waals surface area contributed by atoms with Gasteiger partial charge in [-0.05, 0) is 77.0 Å². The molecule has 31 heavy (non-hydrogen) atoms. The van der Waals surface area contributed by atoms with E-state index in [1.54, 1.807) is 4.90 Å². The zero-order valence-corrected chi connectivity index (χ0v) is 19.4. The van der Waals surface area contributed by atoms with Crippen LogP contribution < -0.4 is 5.32 Å². The van der Waals surface area contributed by atoms with Gasteiger partial charge in [-0.3, -0.25) is 4.90 Å². The molecule has 1 saturated carbocycles. The molecule has 2 aliphatic rings. The minimum atomic E-state index is -0.470. The zero-order valence-electron chi connectivity index (χ0n) is 18.6. The predicted octanol–water partition coefficient (Wildman–Crippen LogP) is 4.93. The molecule has 2 aromatic heterocycles. The molecule has 7 nitrogen and oxygen atoms in total. The fourth-order valence-electron chi connectivity index (χ4n) is 4.58. The fourth-order valence-corrected chi connectivity index (χ4v) is 4.77. The van der Waals surface area contributed by atoms with Crippen LogP contribution in [0.2, 0.25) is 5.15 Å². The van der Waals surface area contributed by atoms with Crippen molar-refractivity contribution < 1.29 is 9.53 Å². The van der Waals surface area contributed by atoms with Crippen LogP contribution in [0.1, 0.15) is 58.9 Å². The van der Waals surface area contributed by atoms with Gasteiger partial charge in [0.25, 0.3) is 0 Å². The summed E-state index contributed by atoms with van der Waals surface area (Å²) in [5, 5.41) is 5.05. The Kier molecular flexibility index (Phi) is 6.53. The molecule has 4 rings (SSSR count). The van der Waals surface area contributed by atoms with E-state index in [4.69, 9.17) is 16.3 Å². The molecule has 1 fully saturated rings. The van der Waals surface area contributed by atoms with Gasteiger partial charge in [0, 0.05) is 31.5 Å². The van der Waals surface area contributed by atoms with Crippen LogP contribution >= 0.6 is 11.6 Å². The quantitative estimate of drug-likeness (QED) is 0.660. The van der Waals surface area contributed by atoms with Crippen molar-refractivity contribution >= 4 is 28.7 Å². The highest BCUT2D eigenvalue weighted by atomic mass is 35.5. The first-order valence-corrected chi connectivity index (χ1v) is 11.5. The third kappa shape index (κ3) is 5.39. The second kappa shape index (κ2) is 9.17. The molecular formula is C23H32ClN5O2. The lowest BCUT2D eigenvalue weighted by molar-refractivity contribution is 0.0324. The van der Waals surface area contributed by atoms with Crippen LogP contribution in [0.5, 0.6) is 0 Å². The van der Waals surface area contributed by atoms with Crippen molar-refractivity contribution in [3.63, 3.8) is 0 Å². The first-order chi connectivity index (χ1) is 14.8. The maximum absolute atomic E-state index is 12.3. The van der Waals surface area contributed by atoms with Gasteiger partial charge in [-0.1, -0.05) is 11.6 Å². The lowest BCUT2D eigenvalue weighted by atomic mass is 10.1. The summed E-state index contributed by atoms with van der Waals surface area (Å²) in [6.07, 6.45) is 10.8. The first kappa shape index (κ1) is 22.1. The minimum Gasteiger partial charge on any atom is -0.443 e. The number of nitrogens with zero attached hydrogens (tertiary/aromatic N) is 4. The van der Waals surface area contributed by atoms with Gasteiger partial charge in [0.05, 0.1) is 5.39 Å². The van der Waals surface area contributed by atoms with Crippen molar-refractivity contribution in [3.8, 4) is 0 Å². The summed E-state index contributed by atoms with van der Waals surface area (Å²) >= 11 is 6.20. The number of amides is 1. The van der Waals surface area contributed by atoms with Crippen LogP contribution in [-0.2, 0) is 4.74 Å². The molecule has 2 aromatic rings. The van der Waals surface area contributed by atoms with Crippen LogP contribution in [0, 0.1) is 5.92 Å². The Morgan fingerprint density at radius 3 is 2.97 bits per heavy atom. The highest BCUT2D eigenvalue weighted by molar-refractivity contribution is 6.33. The number of aromatic nitrogens is 3. The molecule has 0 radical (unpaired) electrons. The highest BCUT2D eigenvalue weighted by Crippen LogP contribution is 2.36. The van der Waals surface area contributed by atoms with Crippen LogP contribution in [-0.4, -0.2) is 50.8 Å². The topological polar surface area (TPSA) is 72.3 Å². The summed E-state index contributed by atoms with van der Waals surface area (Å²) in [7, 11) is 0. The summed E-state index contributed by atoms with van der Waals surface area (Å²) in [6.45, 7) is 8.21. The average Bonchev–Trinajstić information content (AvgIpc) is 3.34. The van der Waals surface area contributed by atoms with E-state index in [1.165, 1.54) is 18.3 Å². The normalized spacial score (nSPS) is 22.1. The van der Waals surface area contributed by atoms with E-state index >= 15 is 0 Å². The van der Waals surface area contributed by atoms with Crippen LogP contribution in [0.4, 0.5) is 4.79 Å². The molecular weight excluding hydrogens is 414 g/mol. The number of hydrogen-bond acceptors (Lipinski definition) is 5. The molecule has 0 saturated heterocycles. The Balaban J connectivity index is 1.28. The molecule has 0 bridgehead atoms. The van der Waals surface area contributed by atoms with E-state index in [2.05, 4.69) is 26.0 Å². The smallest absolute Gasteiger partial charge is 0.414 e. The van der Waals surface area contributed by atoms with Crippen LogP contribution in [0.3, 0.4) is 0 Å². The van der Waals surface area contributed by atoms with Crippen molar-refractivity contribution in [1.82, 2.24) is 24.8 Å². The van der Waals surface area contributed by atoms with E-state index in [-0.39, 0.29) is 6.09 Å². The van der Waals surface area contributed by atoms with Crippen molar-refractivity contribution in [2.24, 2.45) is 5.92 Å². The second-order valence-corrected chi connectivity index (χ2v) is 10.0. The molecule has 1 N–H and O–H groups in total. The maximum Gasteiger partial charge on any atom is 0.414 e. The zero-order chi connectivity index (χ0) is 22.0. The number of ether oxygens (including phenoxy) is 1. The van der Waals surface area contributed by atoms with Gasteiger partial charge in [0.1, 0.15) is 22.7 Å². The number of hydrogen-bond donors (Lipinski definition) is 1. The van der Waals surface area contributed by atoms with E-state index < -0.39 is 5.60 Å². The number of rotatable bonds is 5. The third-order valence-corrected chi connectivity index (χ3v) is 6.32. The molecule has 0 unspecified atom stereocenters. The van der Waals surface area contributed by atoms with Gasteiger partial charge in [-0.25, -0.2) is 14.8 Å². The van der Waals surface area contributed by atoms with Gasteiger partial charge in [-0.15, -0.1) is 0 Å². The minimum absolute atomic E-state index is 0.258. The van der Waals surface area contributed by atoms with E-state index in [9.17, 15) is 4.79 Å². The Morgan fingerprint density at radius 2 is 2.16 bits per heavy atom. The van der Waals surface area contributed by atoms with Crippen LogP contribution in [0.25, 0.3) is 11.0 Å². The third-order valence-electron chi connectivity index (χ3n) is 6.02. The first-order valence-electron chi connectivity index (χ1n) is 11.2. The van der Waals surface area contributed by atoms with Gasteiger partial charge >= 0.3 is 6.09 Å². The lowest BCUT2D eigenvalue weighted by Crippen LogP contribution is -2.36. The van der Waals surface area contributed by atoms with Crippen LogP contribution in [0.15, 0.2) is 30.4 Å². The Labute approximate surface area is 188 Å². The molecule has 8 heteroatoms. The van der Waals surface area contributed by atoms with Crippen molar-refractivity contribution in [2.45, 2.75) is 64.5 Å². The predicted molar refractivity (Wildman–Crippen MR) is 122 cm³/mol. The number of fused-ring (bicyclic) bond motifs is 1. The van der Waals surface area contributed by atoms with E-state index in [1.807, 2.05) is 33.0 Å². The largest absolute Gasteiger partial charge is 0.443 e. The summed E-state index contributed by atoms with van der Waals surface area (Å²) < 4.78 is 7.75. The van der Waals surface area contributed by atoms with Crippen molar-refractivity contribution in [2.75, 3.05) is 19.6 Å². The summed E-state index contributed by atoms with van der Waals surface area (Å²) in [4.78, 5) is 22.5. The van der Waals surface area contributed by atoms with Crippen molar-refractivity contribution in [3.05, 3.63) is 35.5 Å². The molecule has 1 aliphatic heterocycles. The summed E-state index contributed by atoms with van der Waals surface area (Å²) in [6, 6.07) is 2.46. The SMILES string of the molecule is CC(C)(C)OC(=O)N1C=C(CNC[C@@H]2CC[C@H](n3ccc4c(Cl)ncnc43)C2)CCC1. The highest BCUT2D eigenvalue weighted by Gasteiger charge is 2.27. The standard InChI is InChI=1S/C23H32ClN5O2/c1-23(2,3)31-22(30)28-9-4-5-17(14-28)13-25-12-16-6-7-18(11-16)29-10-8-19-20(24)26-15-27-21(19)29/h8,10,14-16,18,25H,4-7,9,11-13H2,1-3H3/t16-,18+/m1/s1. The summed E-state index contributed by atoms with van der Waals surface area (Å²) in [5.41, 5.74) is 1.71. The number of halogens is 1. The number of carbonyl (C=O) groups is 1. The van der Waals surface area contributed by atoms with E-state index in [0.717, 1.165) is 56.4 Å². The molecule has 1 amide bonds. The molecule has 3 heterocycles. The molecule has 1 aliphatic carbocycles. The Morgan fingerprint density at radius 1 is 1.32 bits per heavy atom. The van der Waals surface area contributed by atoms with Crippen molar-refractivity contribution in [1.29, 1.82) is 0 Å². The molecule has 168 valence electrons. The monoisotopic (exact) mass is 445 g/mol. The molecule has 0 aromatic carbocycles. The van der Waals surface area contributed by atoms with Gasteiger partial charge in [-0.2, -0.15) is 0 Å².